The molecule has 0 bridgehead atoms. The summed E-state index contributed by atoms with van der Waals surface area (Å²) in [5, 5.41) is 16.8. The summed E-state index contributed by atoms with van der Waals surface area (Å²) in [4.78, 5) is 7.42. The molecule has 2 aliphatic heterocycles. The average Bonchev–Trinajstić information content (AvgIpc) is 3.41. The maximum absolute atomic E-state index is 4.87. The fourth-order valence-corrected chi connectivity index (χ4v) is 5.87. The summed E-state index contributed by atoms with van der Waals surface area (Å²) < 4.78 is 2.43. The van der Waals surface area contributed by atoms with E-state index in [1.165, 1.54) is 55.0 Å². The summed E-state index contributed by atoms with van der Waals surface area (Å²) in [6.07, 6.45) is 7.38. The van der Waals surface area contributed by atoms with Crippen LogP contribution in [0.4, 0.5) is 0 Å². The van der Waals surface area contributed by atoms with Crippen LogP contribution in [0.5, 0.6) is 0 Å². The number of aromatic nitrogens is 4. The molecular weight excluding hydrogens is 374 g/mol. The van der Waals surface area contributed by atoms with E-state index in [9.17, 15) is 0 Å². The second-order valence-corrected chi connectivity index (χ2v) is 9.31. The van der Waals surface area contributed by atoms with Gasteiger partial charge in [0, 0.05) is 48.3 Å². The minimum absolute atomic E-state index is 0.507. The van der Waals surface area contributed by atoms with Crippen LogP contribution in [0.15, 0.2) is 22.2 Å². The number of aryl methyl sites for hydroxylation is 1. The minimum Gasteiger partial charge on any atom is -0.315 e. The van der Waals surface area contributed by atoms with Gasteiger partial charge in [0.2, 0.25) is 0 Å². The third-order valence-corrected chi connectivity index (χ3v) is 7.34. The van der Waals surface area contributed by atoms with Crippen molar-refractivity contribution in [2.75, 3.05) is 13.1 Å². The van der Waals surface area contributed by atoms with Crippen LogP contribution in [0.3, 0.4) is 0 Å². The van der Waals surface area contributed by atoms with Crippen LogP contribution in [-0.2, 0) is 19.5 Å². The summed E-state index contributed by atoms with van der Waals surface area (Å²) in [5.41, 5.74) is 2.45. The molecule has 1 unspecified atom stereocenters. The van der Waals surface area contributed by atoms with E-state index < -0.39 is 0 Å². The van der Waals surface area contributed by atoms with Crippen LogP contribution in [0.2, 0.25) is 0 Å². The number of thiazole rings is 1. The zero-order chi connectivity index (χ0) is 18.1. The first-order valence-corrected chi connectivity index (χ1v) is 11.8. The highest BCUT2D eigenvalue weighted by Gasteiger charge is 2.27. The number of nitrogens with zero attached hydrogens (tertiary/aromatic N) is 5. The SMILES string of the molecule is c1cc(-c2nc(CN3CCCC(c4nnc5n4CCCCC5)C3)cs2)cs1. The molecular formula is C20H25N5S2. The quantitative estimate of drug-likeness (QED) is 0.645. The Hall–Kier alpha value is -1.57. The molecule has 0 N–H and O–H groups in total. The van der Waals surface area contributed by atoms with E-state index in [-0.39, 0.29) is 0 Å². The maximum atomic E-state index is 4.87. The Morgan fingerprint density at radius 1 is 1.07 bits per heavy atom. The van der Waals surface area contributed by atoms with Gasteiger partial charge in [-0.2, -0.15) is 11.3 Å². The molecule has 3 aromatic rings. The van der Waals surface area contributed by atoms with Crippen LogP contribution in [0.25, 0.3) is 10.6 Å². The maximum Gasteiger partial charge on any atom is 0.137 e. The van der Waals surface area contributed by atoms with Gasteiger partial charge in [0.05, 0.1) is 5.69 Å². The molecule has 0 amide bonds. The zero-order valence-corrected chi connectivity index (χ0v) is 17.1. The van der Waals surface area contributed by atoms with Gasteiger partial charge in [-0.15, -0.1) is 21.5 Å². The fourth-order valence-electron chi connectivity index (χ4n) is 4.35. The van der Waals surface area contributed by atoms with Crippen molar-refractivity contribution in [2.24, 2.45) is 0 Å². The normalized spacial score (nSPS) is 21.1. The predicted octanol–water partition coefficient (Wildman–Crippen LogP) is 4.57. The smallest absolute Gasteiger partial charge is 0.137 e. The number of hydrogen-bond acceptors (Lipinski definition) is 6. The van der Waals surface area contributed by atoms with Gasteiger partial charge in [-0.3, -0.25) is 4.90 Å². The van der Waals surface area contributed by atoms with Crippen molar-refractivity contribution in [2.45, 2.75) is 57.5 Å². The predicted molar refractivity (Wildman–Crippen MR) is 110 cm³/mol. The first-order valence-electron chi connectivity index (χ1n) is 9.98. The topological polar surface area (TPSA) is 46.8 Å². The molecule has 5 nitrogen and oxygen atoms in total. The molecule has 1 atom stereocenters. The Bertz CT molecular complexity index is 882. The van der Waals surface area contributed by atoms with Crippen molar-refractivity contribution in [1.82, 2.24) is 24.6 Å². The molecule has 1 saturated heterocycles. The van der Waals surface area contributed by atoms with Crippen molar-refractivity contribution in [3.05, 3.63) is 39.5 Å². The molecule has 0 aromatic carbocycles. The second kappa shape index (κ2) is 7.81. The molecule has 0 radical (unpaired) electrons. The molecule has 27 heavy (non-hydrogen) atoms. The van der Waals surface area contributed by atoms with Crippen molar-refractivity contribution in [3.8, 4) is 10.6 Å². The molecule has 2 aliphatic rings. The lowest BCUT2D eigenvalue weighted by atomic mass is 9.97. The minimum atomic E-state index is 0.507. The van der Waals surface area contributed by atoms with E-state index >= 15 is 0 Å². The summed E-state index contributed by atoms with van der Waals surface area (Å²) in [6.45, 7) is 4.27. The van der Waals surface area contributed by atoms with Crippen LogP contribution in [-0.4, -0.2) is 37.7 Å². The molecule has 0 spiro atoms. The Labute approximate surface area is 168 Å². The number of fused-ring (bicyclic) bond motifs is 1. The molecule has 5 heterocycles. The number of thiophene rings is 1. The number of piperidine rings is 1. The average molecular weight is 400 g/mol. The Kier molecular flexibility index (Phi) is 5.07. The van der Waals surface area contributed by atoms with E-state index in [1.807, 2.05) is 0 Å². The van der Waals surface area contributed by atoms with Gasteiger partial charge in [-0.05, 0) is 43.7 Å². The van der Waals surface area contributed by atoms with Crippen LogP contribution in [0.1, 0.15) is 55.4 Å². The van der Waals surface area contributed by atoms with Gasteiger partial charge in [-0.1, -0.05) is 6.42 Å². The van der Waals surface area contributed by atoms with E-state index in [2.05, 4.69) is 41.9 Å². The van der Waals surface area contributed by atoms with Crippen LogP contribution in [0, 0.1) is 0 Å². The molecule has 142 valence electrons. The molecule has 0 saturated carbocycles. The molecule has 7 heteroatoms. The van der Waals surface area contributed by atoms with Gasteiger partial charge < -0.3 is 4.57 Å². The van der Waals surface area contributed by atoms with Gasteiger partial charge in [-0.25, -0.2) is 4.98 Å². The number of rotatable bonds is 4. The second-order valence-electron chi connectivity index (χ2n) is 7.67. The number of hydrogen-bond donors (Lipinski definition) is 0. The number of likely N-dealkylation sites (tertiary alicyclic amines) is 1. The highest BCUT2D eigenvalue weighted by atomic mass is 32.1. The summed E-state index contributed by atoms with van der Waals surface area (Å²) in [5.74, 6) is 2.95. The van der Waals surface area contributed by atoms with Gasteiger partial charge in [0.1, 0.15) is 16.7 Å². The Morgan fingerprint density at radius 2 is 2.07 bits per heavy atom. The lowest BCUT2D eigenvalue weighted by Crippen LogP contribution is -2.35. The lowest BCUT2D eigenvalue weighted by Gasteiger charge is -2.32. The van der Waals surface area contributed by atoms with Crippen LogP contribution < -0.4 is 0 Å². The molecule has 3 aromatic heterocycles. The van der Waals surface area contributed by atoms with Crippen molar-refractivity contribution >= 4 is 22.7 Å². The molecule has 1 fully saturated rings. The first kappa shape index (κ1) is 17.5. The standard InChI is InChI=1S/C20H25N5S2/c1-2-6-18-22-23-19(25(18)9-3-1)15-5-4-8-24(11-15)12-17-14-27-20(21-17)16-7-10-26-13-16/h7,10,13-15H,1-6,8-9,11-12H2. The lowest BCUT2D eigenvalue weighted by molar-refractivity contribution is 0.192. The Balaban J connectivity index is 1.28. The zero-order valence-electron chi connectivity index (χ0n) is 15.5. The van der Waals surface area contributed by atoms with Gasteiger partial charge >= 0.3 is 0 Å². The van der Waals surface area contributed by atoms with Gasteiger partial charge in [0.25, 0.3) is 0 Å². The highest BCUT2D eigenvalue weighted by Crippen LogP contribution is 2.30. The van der Waals surface area contributed by atoms with Crippen molar-refractivity contribution < 1.29 is 0 Å². The highest BCUT2D eigenvalue weighted by molar-refractivity contribution is 7.14. The third kappa shape index (κ3) is 3.73. The van der Waals surface area contributed by atoms with Crippen molar-refractivity contribution in [1.29, 1.82) is 0 Å². The van der Waals surface area contributed by atoms with E-state index in [0.717, 1.165) is 37.6 Å². The third-order valence-electron chi connectivity index (χ3n) is 5.71. The summed E-state index contributed by atoms with van der Waals surface area (Å²) in [7, 11) is 0. The molecule has 5 rings (SSSR count). The van der Waals surface area contributed by atoms with Gasteiger partial charge in [0.15, 0.2) is 0 Å². The fraction of sp³-hybridized carbons (Fsp3) is 0.550. The van der Waals surface area contributed by atoms with Crippen molar-refractivity contribution in [3.63, 3.8) is 0 Å². The summed E-state index contributed by atoms with van der Waals surface area (Å²) in [6, 6.07) is 2.15. The van der Waals surface area contributed by atoms with Crippen LogP contribution >= 0.6 is 22.7 Å². The summed E-state index contributed by atoms with van der Waals surface area (Å²) >= 11 is 3.49. The van der Waals surface area contributed by atoms with E-state index in [0.29, 0.717) is 5.92 Å². The molecule has 0 aliphatic carbocycles. The monoisotopic (exact) mass is 399 g/mol. The largest absolute Gasteiger partial charge is 0.315 e. The Morgan fingerprint density at radius 3 is 3.00 bits per heavy atom. The first-order chi connectivity index (χ1) is 13.4. The van der Waals surface area contributed by atoms with E-state index in [1.54, 1.807) is 22.7 Å². The van der Waals surface area contributed by atoms with E-state index in [4.69, 9.17) is 4.98 Å².